The molecule has 2 aromatic heterocycles. The number of hydrogen-bond acceptors (Lipinski definition) is 4. The highest BCUT2D eigenvalue weighted by Gasteiger charge is 2.23. The summed E-state index contributed by atoms with van der Waals surface area (Å²) in [4.78, 5) is 22.9. The average molecular weight is 304 g/mol. The van der Waals surface area contributed by atoms with E-state index in [-0.39, 0.29) is 5.91 Å². The number of thiazole rings is 1. The molecule has 0 spiro atoms. The lowest BCUT2D eigenvalue weighted by atomic mass is 10.0. The van der Waals surface area contributed by atoms with Crippen molar-refractivity contribution in [3.63, 3.8) is 0 Å². The van der Waals surface area contributed by atoms with Crippen molar-refractivity contribution in [1.82, 2.24) is 19.4 Å². The second kappa shape index (κ2) is 6.39. The van der Waals surface area contributed by atoms with Crippen LogP contribution in [0.15, 0.2) is 24.1 Å². The fraction of sp³-hybridized carbons (Fsp3) is 0.533. The Labute approximate surface area is 128 Å². The molecule has 6 heteroatoms. The average Bonchev–Trinajstić information content (AvgIpc) is 3.19. The fourth-order valence-electron chi connectivity index (χ4n) is 2.76. The van der Waals surface area contributed by atoms with Crippen LogP contribution >= 0.6 is 11.3 Å². The third-order valence-corrected chi connectivity index (χ3v) is 5.04. The molecule has 0 radical (unpaired) electrons. The van der Waals surface area contributed by atoms with E-state index in [0.29, 0.717) is 12.5 Å². The van der Waals surface area contributed by atoms with Gasteiger partial charge in [0, 0.05) is 36.9 Å². The molecule has 0 aromatic carbocycles. The number of likely N-dealkylation sites (tertiary alicyclic amines) is 1. The van der Waals surface area contributed by atoms with E-state index < -0.39 is 0 Å². The molecule has 21 heavy (non-hydrogen) atoms. The Kier molecular flexibility index (Phi) is 4.34. The smallest absolute Gasteiger partial charge is 0.228 e. The fourth-order valence-corrected chi connectivity index (χ4v) is 3.50. The first-order valence-electron chi connectivity index (χ1n) is 7.44. The molecule has 0 saturated carbocycles. The van der Waals surface area contributed by atoms with Crippen LogP contribution in [0.25, 0.3) is 0 Å². The summed E-state index contributed by atoms with van der Waals surface area (Å²) in [6.45, 7) is 3.74. The zero-order valence-electron chi connectivity index (χ0n) is 12.2. The largest absolute Gasteiger partial charge is 0.342 e. The van der Waals surface area contributed by atoms with Gasteiger partial charge in [0.1, 0.15) is 0 Å². The van der Waals surface area contributed by atoms with E-state index in [1.807, 2.05) is 29.0 Å². The molecule has 1 aliphatic rings. The summed E-state index contributed by atoms with van der Waals surface area (Å²) in [5.41, 5.74) is 0.915. The topological polar surface area (TPSA) is 51.0 Å². The maximum absolute atomic E-state index is 12.3. The molecule has 0 unspecified atom stereocenters. The summed E-state index contributed by atoms with van der Waals surface area (Å²) >= 11 is 1.64. The Bertz CT molecular complexity index is 585. The monoisotopic (exact) mass is 304 g/mol. The summed E-state index contributed by atoms with van der Waals surface area (Å²) in [6, 6.07) is 0.475. The van der Waals surface area contributed by atoms with Crippen LogP contribution in [-0.2, 0) is 17.6 Å². The van der Waals surface area contributed by atoms with Crippen molar-refractivity contribution in [1.29, 1.82) is 0 Å². The van der Waals surface area contributed by atoms with Gasteiger partial charge < -0.3 is 9.47 Å². The molecule has 3 rings (SSSR count). The predicted molar refractivity (Wildman–Crippen MR) is 82.3 cm³/mol. The van der Waals surface area contributed by atoms with Gasteiger partial charge in [0.15, 0.2) is 0 Å². The zero-order chi connectivity index (χ0) is 14.7. The highest BCUT2D eigenvalue weighted by Crippen LogP contribution is 2.22. The maximum Gasteiger partial charge on any atom is 0.228 e. The van der Waals surface area contributed by atoms with Gasteiger partial charge in [-0.1, -0.05) is 6.92 Å². The Morgan fingerprint density at radius 3 is 2.86 bits per heavy atom. The van der Waals surface area contributed by atoms with Crippen LogP contribution in [0, 0.1) is 0 Å². The molecule has 0 bridgehead atoms. The first kappa shape index (κ1) is 14.3. The molecular weight excluding hydrogens is 284 g/mol. The number of piperidine rings is 1. The van der Waals surface area contributed by atoms with Crippen molar-refractivity contribution in [2.75, 3.05) is 13.1 Å². The van der Waals surface area contributed by atoms with Crippen LogP contribution < -0.4 is 0 Å². The van der Waals surface area contributed by atoms with Crippen molar-refractivity contribution in [3.8, 4) is 0 Å². The normalized spacial score (nSPS) is 16.3. The summed E-state index contributed by atoms with van der Waals surface area (Å²) in [6.07, 6.45) is 9.05. The van der Waals surface area contributed by atoms with E-state index in [0.717, 1.165) is 43.1 Å². The van der Waals surface area contributed by atoms with Gasteiger partial charge in [-0.15, -0.1) is 11.3 Å². The molecule has 1 saturated heterocycles. The van der Waals surface area contributed by atoms with Crippen LogP contribution in [0.2, 0.25) is 0 Å². The number of nitrogens with zero attached hydrogens (tertiary/aromatic N) is 4. The first-order chi connectivity index (χ1) is 10.3. The number of imidazole rings is 1. The number of hydrogen-bond donors (Lipinski definition) is 0. The molecule has 0 aliphatic carbocycles. The van der Waals surface area contributed by atoms with Gasteiger partial charge in [-0.25, -0.2) is 9.97 Å². The maximum atomic E-state index is 12.3. The van der Waals surface area contributed by atoms with E-state index in [4.69, 9.17) is 0 Å². The third kappa shape index (κ3) is 3.32. The van der Waals surface area contributed by atoms with Crippen molar-refractivity contribution >= 4 is 17.2 Å². The van der Waals surface area contributed by atoms with Crippen LogP contribution in [0.4, 0.5) is 0 Å². The molecule has 3 heterocycles. The molecular formula is C15H20N4OS. The Balaban J connectivity index is 1.53. The Hall–Kier alpha value is -1.69. The molecule has 1 fully saturated rings. The molecule has 2 aromatic rings. The number of amides is 1. The second-order valence-electron chi connectivity index (χ2n) is 5.38. The quantitative estimate of drug-likeness (QED) is 0.871. The van der Waals surface area contributed by atoms with E-state index in [1.165, 1.54) is 0 Å². The number of rotatable bonds is 4. The summed E-state index contributed by atoms with van der Waals surface area (Å²) in [7, 11) is 0. The lowest BCUT2D eigenvalue weighted by molar-refractivity contribution is -0.131. The molecule has 112 valence electrons. The van der Waals surface area contributed by atoms with Gasteiger partial charge in [0.05, 0.1) is 23.4 Å². The van der Waals surface area contributed by atoms with Gasteiger partial charge in [0.25, 0.3) is 0 Å². The second-order valence-corrected chi connectivity index (χ2v) is 6.33. The summed E-state index contributed by atoms with van der Waals surface area (Å²) in [5, 5.41) is 3.12. The highest BCUT2D eigenvalue weighted by molar-refractivity contribution is 7.09. The minimum atomic E-state index is 0.201. The molecule has 5 nitrogen and oxygen atoms in total. The van der Waals surface area contributed by atoms with E-state index >= 15 is 0 Å². The van der Waals surface area contributed by atoms with Gasteiger partial charge in [-0.2, -0.15) is 0 Å². The third-order valence-electron chi connectivity index (χ3n) is 4.00. The number of aryl methyl sites for hydroxylation is 1. The lowest BCUT2D eigenvalue weighted by Crippen LogP contribution is -2.39. The number of carbonyl (C=O) groups excluding carboxylic acids is 1. The SMILES string of the molecule is CCc1nc(CC(=O)N2CCC(n3ccnc3)CC2)cs1. The van der Waals surface area contributed by atoms with E-state index in [9.17, 15) is 4.79 Å². The lowest BCUT2D eigenvalue weighted by Gasteiger charge is -2.32. The number of aromatic nitrogens is 3. The summed E-state index contributed by atoms with van der Waals surface area (Å²) in [5.74, 6) is 0.201. The molecule has 1 aliphatic heterocycles. The summed E-state index contributed by atoms with van der Waals surface area (Å²) < 4.78 is 2.15. The van der Waals surface area contributed by atoms with E-state index in [1.54, 1.807) is 11.3 Å². The Morgan fingerprint density at radius 2 is 2.24 bits per heavy atom. The van der Waals surface area contributed by atoms with Gasteiger partial charge in [-0.05, 0) is 19.3 Å². The van der Waals surface area contributed by atoms with Gasteiger partial charge in [0.2, 0.25) is 5.91 Å². The van der Waals surface area contributed by atoms with Crippen molar-refractivity contribution in [2.24, 2.45) is 0 Å². The zero-order valence-corrected chi connectivity index (χ0v) is 13.1. The molecule has 0 atom stereocenters. The minimum Gasteiger partial charge on any atom is -0.342 e. The van der Waals surface area contributed by atoms with Crippen molar-refractivity contribution < 1.29 is 4.79 Å². The van der Waals surface area contributed by atoms with Crippen LogP contribution in [-0.4, -0.2) is 38.4 Å². The minimum absolute atomic E-state index is 0.201. The van der Waals surface area contributed by atoms with Crippen molar-refractivity contribution in [3.05, 3.63) is 34.8 Å². The van der Waals surface area contributed by atoms with E-state index in [2.05, 4.69) is 21.5 Å². The molecule has 0 N–H and O–H groups in total. The first-order valence-corrected chi connectivity index (χ1v) is 8.32. The van der Waals surface area contributed by atoms with Crippen LogP contribution in [0.3, 0.4) is 0 Å². The van der Waals surface area contributed by atoms with Crippen LogP contribution in [0.1, 0.15) is 36.5 Å². The highest BCUT2D eigenvalue weighted by atomic mass is 32.1. The van der Waals surface area contributed by atoms with Crippen LogP contribution in [0.5, 0.6) is 0 Å². The Morgan fingerprint density at radius 1 is 1.43 bits per heavy atom. The standard InChI is InChI=1S/C15H20N4OS/c1-2-14-17-12(10-21-14)9-15(20)18-6-3-13(4-7-18)19-8-5-16-11-19/h5,8,10-11,13H,2-4,6-7,9H2,1H3. The van der Waals surface area contributed by atoms with Crippen molar-refractivity contribution in [2.45, 2.75) is 38.6 Å². The number of carbonyl (C=O) groups is 1. The molecule has 1 amide bonds. The van der Waals surface area contributed by atoms with Gasteiger partial charge in [-0.3, -0.25) is 4.79 Å². The van der Waals surface area contributed by atoms with Gasteiger partial charge >= 0.3 is 0 Å². The predicted octanol–water partition coefficient (Wildman–Crippen LogP) is 2.31.